The van der Waals surface area contributed by atoms with Gasteiger partial charge in [-0.1, -0.05) is 17.7 Å². The Labute approximate surface area is 149 Å². The van der Waals surface area contributed by atoms with Crippen LogP contribution in [-0.4, -0.2) is 32.1 Å². The molecule has 8 heteroatoms. The number of nitrogens with one attached hydrogen (secondary N) is 3. The highest BCUT2D eigenvalue weighted by atomic mass is 35.5. The van der Waals surface area contributed by atoms with E-state index in [-0.39, 0.29) is 6.54 Å². The molecule has 1 aromatic heterocycles. The summed E-state index contributed by atoms with van der Waals surface area (Å²) in [5, 5.41) is 10.3. The number of imide groups is 1. The van der Waals surface area contributed by atoms with E-state index in [1.54, 1.807) is 29.5 Å². The predicted molar refractivity (Wildman–Crippen MR) is 96.1 cm³/mol. The number of carbonyl (C=O) groups excluding carboxylic acids is 2. The van der Waals surface area contributed by atoms with Crippen molar-refractivity contribution in [2.75, 3.05) is 25.5 Å². The summed E-state index contributed by atoms with van der Waals surface area (Å²) in [4.78, 5) is 24.6. The van der Waals surface area contributed by atoms with Crippen molar-refractivity contribution in [2.45, 2.75) is 6.42 Å². The van der Waals surface area contributed by atoms with Crippen molar-refractivity contribution in [2.24, 2.45) is 0 Å². The van der Waals surface area contributed by atoms with Crippen molar-refractivity contribution >= 4 is 40.6 Å². The van der Waals surface area contributed by atoms with Gasteiger partial charge in [0.25, 0.3) is 0 Å². The van der Waals surface area contributed by atoms with E-state index in [1.807, 2.05) is 17.5 Å². The number of methoxy groups -OCH3 is 1. The lowest BCUT2D eigenvalue weighted by Gasteiger charge is -2.11. The molecule has 2 rings (SSSR count). The highest BCUT2D eigenvalue weighted by molar-refractivity contribution is 7.09. The van der Waals surface area contributed by atoms with Crippen LogP contribution >= 0.6 is 22.9 Å². The Kier molecular flexibility index (Phi) is 6.89. The second-order valence-electron chi connectivity index (χ2n) is 4.83. The Hall–Kier alpha value is -2.25. The molecule has 0 bridgehead atoms. The largest absolute Gasteiger partial charge is 0.495 e. The number of rotatable bonds is 7. The fourth-order valence-electron chi connectivity index (χ4n) is 1.96. The summed E-state index contributed by atoms with van der Waals surface area (Å²) in [7, 11) is 1.52. The maximum absolute atomic E-state index is 11.8. The molecular weight excluding hydrogens is 350 g/mol. The predicted octanol–water partition coefficient (Wildman–Crippen LogP) is 2.89. The van der Waals surface area contributed by atoms with Crippen LogP contribution in [0.5, 0.6) is 5.75 Å². The lowest BCUT2D eigenvalue weighted by molar-refractivity contribution is -0.118. The van der Waals surface area contributed by atoms with E-state index in [2.05, 4.69) is 16.0 Å². The highest BCUT2D eigenvalue weighted by Gasteiger charge is 2.09. The van der Waals surface area contributed by atoms with Gasteiger partial charge in [0.1, 0.15) is 5.75 Å². The molecule has 2 aromatic rings. The number of hydrogen-bond acceptors (Lipinski definition) is 5. The molecule has 0 saturated heterocycles. The Morgan fingerprint density at radius 3 is 2.83 bits per heavy atom. The molecule has 0 aliphatic rings. The summed E-state index contributed by atoms with van der Waals surface area (Å²) in [6, 6.07) is 8.47. The van der Waals surface area contributed by atoms with Crippen LogP contribution in [0.2, 0.25) is 5.02 Å². The first kappa shape index (κ1) is 18.1. The van der Waals surface area contributed by atoms with Crippen molar-refractivity contribution in [1.29, 1.82) is 0 Å². The zero-order valence-electron chi connectivity index (χ0n) is 13.1. The first-order valence-electron chi connectivity index (χ1n) is 7.26. The maximum atomic E-state index is 11.8. The zero-order chi connectivity index (χ0) is 17.4. The first-order chi connectivity index (χ1) is 11.6. The Bertz CT molecular complexity index is 692. The number of benzene rings is 1. The summed E-state index contributed by atoms with van der Waals surface area (Å²) < 4.78 is 5.17. The molecule has 0 saturated carbocycles. The van der Waals surface area contributed by atoms with Crippen LogP contribution in [0, 0.1) is 0 Å². The van der Waals surface area contributed by atoms with Crippen LogP contribution in [0.3, 0.4) is 0 Å². The molecule has 1 heterocycles. The Morgan fingerprint density at radius 1 is 1.29 bits per heavy atom. The summed E-state index contributed by atoms with van der Waals surface area (Å²) in [6.07, 6.45) is 0.733. The summed E-state index contributed by atoms with van der Waals surface area (Å²) >= 11 is 7.54. The van der Waals surface area contributed by atoms with Crippen molar-refractivity contribution in [3.8, 4) is 5.75 Å². The fourth-order valence-corrected chi connectivity index (χ4v) is 2.84. The van der Waals surface area contributed by atoms with Gasteiger partial charge >= 0.3 is 6.03 Å². The number of hydrogen-bond donors (Lipinski definition) is 3. The molecule has 0 atom stereocenters. The topological polar surface area (TPSA) is 79.5 Å². The van der Waals surface area contributed by atoms with Gasteiger partial charge in [-0.05, 0) is 36.1 Å². The number of halogens is 1. The van der Waals surface area contributed by atoms with E-state index in [0.717, 1.165) is 6.42 Å². The summed E-state index contributed by atoms with van der Waals surface area (Å²) in [6.45, 7) is 0.393. The number of anilines is 1. The van der Waals surface area contributed by atoms with E-state index in [9.17, 15) is 9.59 Å². The monoisotopic (exact) mass is 367 g/mol. The molecule has 3 amide bonds. The third-order valence-corrected chi connectivity index (χ3v) is 4.26. The van der Waals surface area contributed by atoms with E-state index < -0.39 is 11.9 Å². The van der Waals surface area contributed by atoms with Gasteiger partial charge in [-0.25, -0.2) is 4.79 Å². The lowest BCUT2D eigenvalue weighted by Crippen LogP contribution is -2.42. The molecule has 0 unspecified atom stereocenters. The highest BCUT2D eigenvalue weighted by Crippen LogP contribution is 2.27. The number of ether oxygens (including phenoxy) is 1. The molecule has 0 aliphatic heterocycles. The lowest BCUT2D eigenvalue weighted by atomic mass is 10.3. The molecule has 128 valence electrons. The summed E-state index contributed by atoms with van der Waals surface area (Å²) in [5.41, 5.74) is 0.582. The first-order valence-corrected chi connectivity index (χ1v) is 8.51. The fraction of sp³-hybridized carbons (Fsp3) is 0.250. The third-order valence-electron chi connectivity index (χ3n) is 3.09. The number of thiophene rings is 1. The van der Waals surface area contributed by atoms with Crippen LogP contribution in [-0.2, 0) is 11.2 Å². The molecule has 0 fully saturated rings. The molecule has 3 N–H and O–H groups in total. The molecule has 0 radical (unpaired) electrons. The molecule has 1 aromatic carbocycles. The Balaban J connectivity index is 1.72. The van der Waals surface area contributed by atoms with Crippen LogP contribution in [0.1, 0.15) is 4.88 Å². The minimum absolute atomic E-state index is 0.0744. The molecular formula is C16H18ClN3O3S. The van der Waals surface area contributed by atoms with Crippen molar-refractivity contribution in [3.63, 3.8) is 0 Å². The van der Waals surface area contributed by atoms with Crippen LogP contribution in [0.25, 0.3) is 0 Å². The van der Waals surface area contributed by atoms with E-state index >= 15 is 0 Å². The average molecular weight is 368 g/mol. The molecule has 0 spiro atoms. The maximum Gasteiger partial charge on any atom is 0.321 e. The van der Waals surface area contributed by atoms with Gasteiger partial charge in [0, 0.05) is 16.4 Å². The van der Waals surface area contributed by atoms with Gasteiger partial charge in [0.2, 0.25) is 5.91 Å². The van der Waals surface area contributed by atoms with Crippen molar-refractivity contribution < 1.29 is 14.3 Å². The number of carbonyl (C=O) groups is 2. The van der Waals surface area contributed by atoms with Gasteiger partial charge < -0.3 is 15.4 Å². The smallest absolute Gasteiger partial charge is 0.321 e. The van der Waals surface area contributed by atoms with Crippen LogP contribution in [0.4, 0.5) is 10.5 Å². The van der Waals surface area contributed by atoms with Gasteiger partial charge in [-0.15, -0.1) is 11.3 Å². The second-order valence-corrected chi connectivity index (χ2v) is 6.30. The Morgan fingerprint density at radius 2 is 2.12 bits per heavy atom. The van der Waals surface area contributed by atoms with Crippen LogP contribution < -0.4 is 20.7 Å². The average Bonchev–Trinajstić information content (AvgIpc) is 3.06. The molecule has 6 nitrogen and oxygen atoms in total. The zero-order valence-corrected chi connectivity index (χ0v) is 14.7. The van der Waals surface area contributed by atoms with Gasteiger partial charge in [0.15, 0.2) is 0 Å². The van der Waals surface area contributed by atoms with E-state index in [0.29, 0.717) is 23.0 Å². The van der Waals surface area contributed by atoms with E-state index in [4.69, 9.17) is 16.3 Å². The third kappa shape index (κ3) is 5.75. The minimum atomic E-state index is -0.517. The van der Waals surface area contributed by atoms with Gasteiger partial charge in [-0.3, -0.25) is 10.1 Å². The number of amides is 3. The quantitative estimate of drug-likeness (QED) is 0.703. The van der Waals surface area contributed by atoms with Gasteiger partial charge in [-0.2, -0.15) is 0 Å². The van der Waals surface area contributed by atoms with Crippen molar-refractivity contribution in [1.82, 2.24) is 10.6 Å². The van der Waals surface area contributed by atoms with E-state index in [1.165, 1.54) is 12.0 Å². The van der Waals surface area contributed by atoms with Crippen molar-refractivity contribution in [3.05, 3.63) is 45.6 Å². The molecule has 0 aliphatic carbocycles. The molecule has 24 heavy (non-hydrogen) atoms. The normalized spacial score (nSPS) is 10.1. The van der Waals surface area contributed by atoms with Gasteiger partial charge in [0.05, 0.1) is 19.3 Å². The van der Waals surface area contributed by atoms with Crippen LogP contribution in [0.15, 0.2) is 35.7 Å². The standard InChI is InChI=1S/C16H18ClN3O3S/c1-23-14-5-4-11(17)9-13(14)19-10-15(21)20-16(22)18-7-6-12-3-2-8-24-12/h2-5,8-9,19H,6-7,10H2,1H3,(H2,18,20,21,22). The minimum Gasteiger partial charge on any atom is -0.495 e. The number of urea groups is 1. The second kappa shape index (κ2) is 9.14. The SMILES string of the molecule is COc1ccc(Cl)cc1NCC(=O)NC(=O)NCCc1cccs1. The summed E-state index contributed by atoms with van der Waals surface area (Å²) in [5.74, 6) is 0.109.